The first-order valence-corrected chi connectivity index (χ1v) is 8.36. The van der Waals surface area contributed by atoms with Crippen LogP contribution < -0.4 is 5.32 Å². The summed E-state index contributed by atoms with van der Waals surface area (Å²) in [4.78, 5) is 11.6. The molecule has 1 saturated heterocycles. The molecule has 6 nitrogen and oxygen atoms in total. The van der Waals surface area contributed by atoms with E-state index in [1.165, 1.54) is 23.5 Å². The molecule has 0 radical (unpaired) electrons. The minimum absolute atomic E-state index is 0.0147. The van der Waals surface area contributed by atoms with Crippen molar-refractivity contribution in [2.45, 2.75) is 4.90 Å². The maximum absolute atomic E-state index is 12.6. The van der Waals surface area contributed by atoms with Crippen LogP contribution in [-0.2, 0) is 14.8 Å². The van der Waals surface area contributed by atoms with E-state index in [1.54, 1.807) is 0 Å². The van der Waals surface area contributed by atoms with E-state index in [2.05, 4.69) is 5.32 Å². The molecule has 0 aromatic heterocycles. The number of hydrogen-bond acceptors (Lipinski definition) is 4. The van der Waals surface area contributed by atoms with Gasteiger partial charge < -0.3 is 10.1 Å². The molecule has 116 valence electrons. The normalized spacial score (nSPS) is 16.7. The molecule has 1 heterocycles. The van der Waals surface area contributed by atoms with Gasteiger partial charge in [-0.05, 0) is 12.1 Å². The van der Waals surface area contributed by atoms with Crippen LogP contribution in [-0.4, -0.2) is 52.0 Å². The second-order valence-electron chi connectivity index (χ2n) is 4.36. The number of carbonyl (C=O) groups excluding carboxylic acids is 1. The Balaban J connectivity index is 2.49. The second-order valence-corrected chi connectivity index (χ2v) is 7.08. The van der Waals surface area contributed by atoms with Gasteiger partial charge in [0.2, 0.25) is 10.0 Å². The number of ether oxygens (including phenoxy) is 1. The van der Waals surface area contributed by atoms with Crippen LogP contribution in [0.15, 0.2) is 17.0 Å². The van der Waals surface area contributed by atoms with Gasteiger partial charge in [-0.2, -0.15) is 4.31 Å². The summed E-state index contributed by atoms with van der Waals surface area (Å²) in [6.07, 6.45) is 0. The first-order valence-electron chi connectivity index (χ1n) is 6.17. The van der Waals surface area contributed by atoms with E-state index in [4.69, 9.17) is 27.9 Å². The van der Waals surface area contributed by atoms with Gasteiger partial charge >= 0.3 is 0 Å². The quantitative estimate of drug-likeness (QED) is 0.891. The Morgan fingerprint density at radius 3 is 2.43 bits per heavy atom. The summed E-state index contributed by atoms with van der Waals surface area (Å²) in [5.41, 5.74) is 0.0652. The van der Waals surface area contributed by atoms with Crippen LogP contribution in [0, 0.1) is 0 Å². The number of nitrogens with zero attached hydrogens (tertiary/aromatic N) is 1. The minimum atomic E-state index is -3.79. The van der Waals surface area contributed by atoms with Gasteiger partial charge in [-0.25, -0.2) is 8.42 Å². The average Bonchev–Trinajstić information content (AvgIpc) is 2.47. The highest BCUT2D eigenvalue weighted by Crippen LogP contribution is 2.31. The molecule has 1 aromatic carbocycles. The molecule has 9 heteroatoms. The number of halogens is 2. The Morgan fingerprint density at radius 2 is 1.86 bits per heavy atom. The summed E-state index contributed by atoms with van der Waals surface area (Å²) in [6.45, 7) is 1.15. The molecule has 0 saturated carbocycles. The lowest BCUT2D eigenvalue weighted by molar-refractivity contribution is 0.0730. The van der Waals surface area contributed by atoms with Crippen molar-refractivity contribution in [3.63, 3.8) is 0 Å². The second kappa shape index (κ2) is 6.50. The topological polar surface area (TPSA) is 75.7 Å². The Hall–Kier alpha value is -0.860. The molecule has 1 N–H and O–H groups in total. The summed E-state index contributed by atoms with van der Waals surface area (Å²) in [7, 11) is -2.36. The fourth-order valence-electron chi connectivity index (χ4n) is 1.96. The summed E-state index contributed by atoms with van der Waals surface area (Å²) in [5, 5.41) is 2.49. The van der Waals surface area contributed by atoms with Gasteiger partial charge in [0, 0.05) is 20.1 Å². The third-order valence-electron chi connectivity index (χ3n) is 3.08. The molecule has 21 heavy (non-hydrogen) atoms. The average molecular weight is 353 g/mol. The van der Waals surface area contributed by atoms with Crippen LogP contribution in [0.1, 0.15) is 10.4 Å². The number of amides is 1. The maximum Gasteiger partial charge on any atom is 0.252 e. The van der Waals surface area contributed by atoms with E-state index in [1.807, 2.05) is 0 Å². The number of rotatable bonds is 3. The van der Waals surface area contributed by atoms with Gasteiger partial charge in [0.15, 0.2) is 0 Å². The summed E-state index contributed by atoms with van der Waals surface area (Å²) in [5.74, 6) is -0.477. The zero-order valence-corrected chi connectivity index (χ0v) is 13.6. The predicted molar refractivity (Wildman–Crippen MR) is 79.4 cm³/mol. The summed E-state index contributed by atoms with van der Waals surface area (Å²) in [6, 6.07) is 2.47. The van der Waals surface area contributed by atoms with E-state index in [9.17, 15) is 13.2 Å². The van der Waals surface area contributed by atoms with Crippen LogP contribution in [0.25, 0.3) is 0 Å². The van der Waals surface area contributed by atoms with E-state index < -0.39 is 15.9 Å². The number of benzene rings is 1. The van der Waals surface area contributed by atoms with E-state index in [0.29, 0.717) is 13.2 Å². The molecule has 1 amide bonds. The molecular weight excluding hydrogens is 339 g/mol. The Kier molecular flexibility index (Phi) is 5.11. The molecule has 0 unspecified atom stereocenters. The first kappa shape index (κ1) is 16.5. The van der Waals surface area contributed by atoms with Crippen LogP contribution in [0.5, 0.6) is 0 Å². The number of carbonyl (C=O) groups is 1. The van der Waals surface area contributed by atoms with Crippen molar-refractivity contribution in [2.75, 3.05) is 33.4 Å². The first-order chi connectivity index (χ1) is 9.87. The molecule has 0 bridgehead atoms. The molecule has 1 aromatic rings. The van der Waals surface area contributed by atoms with E-state index in [0.717, 1.165) is 0 Å². The number of morpholine rings is 1. The highest BCUT2D eigenvalue weighted by atomic mass is 35.5. The lowest BCUT2D eigenvalue weighted by Gasteiger charge is -2.26. The van der Waals surface area contributed by atoms with Gasteiger partial charge in [0.1, 0.15) is 4.90 Å². The molecule has 1 aliphatic rings. The molecule has 1 aliphatic heterocycles. The van der Waals surface area contributed by atoms with Crippen molar-refractivity contribution in [3.05, 3.63) is 27.7 Å². The third kappa shape index (κ3) is 3.32. The highest BCUT2D eigenvalue weighted by molar-refractivity contribution is 7.89. The molecule has 0 aliphatic carbocycles. The number of sulfonamides is 1. The van der Waals surface area contributed by atoms with Gasteiger partial charge in [-0.3, -0.25) is 4.79 Å². The minimum Gasteiger partial charge on any atom is -0.379 e. The smallest absolute Gasteiger partial charge is 0.252 e. The van der Waals surface area contributed by atoms with Gasteiger partial charge in [0.05, 0.1) is 28.8 Å². The van der Waals surface area contributed by atoms with Crippen LogP contribution >= 0.6 is 23.2 Å². The van der Waals surface area contributed by atoms with Crippen molar-refractivity contribution in [1.82, 2.24) is 9.62 Å². The maximum atomic E-state index is 12.6. The predicted octanol–water partition coefficient (Wildman–Crippen LogP) is 1.37. The van der Waals surface area contributed by atoms with Crippen LogP contribution in [0.3, 0.4) is 0 Å². The zero-order valence-electron chi connectivity index (χ0n) is 11.2. The van der Waals surface area contributed by atoms with E-state index >= 15 is 0 Å². The van der Waals surface area contributed by atoms with Crippen molar-refractivity contribution >= 4 is 39.1 Å². The number of nitrogens with one attached hydrogen (secondary N) is 1. The Bertz CT molecular complexity index is 657. The molecule has 0 spiro atoms. The van der Waals surface area contributed by atoms with Gasteiger partial charge in [0.25, 0.3) is 5.91 Å². The third-order valence-corrected chi connectivity index (χ3v) is 5.76. The van der Waals surface area contributed by atoms with Crippen molar-refractivity contribution in [3.8, 4) is 0 Å². The lowest BCUT2D eigenvalue weighted by atomic mass is 10.2. The fourth-order valence-corrected chi connectivity index (χ4v) is 4.20. The van der Waals surface area contributed by atoms with E-state index in [-0.39, 0.29) is 33.6 Å². The SMILES string of the molecule is CNC(=O)c1cc(S(=O)(=O)N2CCOCC2)c(Cl)cc1Cl. The zero-order chi connectivity index (χ0) is 15.6. The largest absolute Gasteiger partial charge is 0.379 e. The van der Waals surface area contributed by atoms with Gasteiger partial charge in [-0.15, -0.1) is 0 Å². The molecule has 2 rings (SSSR count). The van der Waals surface area contributed by atoms with Crippen LogP contribution in [0.4, 0.5) is 0 Å². The molecular formula is C12H14Cl2N2O4S. The van der Waals surface area contributed by atoms with Crippen molar-refractivity contribution in [2.24, 2.45) is 0 Å². The summed E-state index contributed by atoms with van der Waals surface area (Å²) < 4.78 is 31.6. The Morgan fingerprint density at radius 1 is 1.24 bits per heavy atom. The van der Waals surface area contributed by atoms with Gasteiger partial charge in [-0.1, -0.05) is 23.2 Å². The highest BCUT2D eigenvalue weighted by Gasteiger charge is 2.29. The Labute approximate surface area is 133 Å². The summed E-state index contributed by atoms with van der Waals surface area (Å²) >= 11 is 11.9. The van der Waals surface area contributed by atoms with Crippen LogP contribution in [0.2, 0.25) is 10.0 Å². The fraction of sp³-hybridized carbons (Fsp3) is 0.417. The van der Waals surface area contributed by atoms with Crippen molar-refractivity contribution in [1.29, 1.82) is 0 Å². The monoisotopic (exact) mass is 352 g/mol. The molecule has 0 atom stereocenters. The van der Waals surface area contributed by atoms with Crippen molar-refractivity contribution < 1.29 is 17.9 Å². The lowest BCUT2D eigenvalue weighted by Crippen LogP contribution is -2.40. The molecule has 1 fully saturated rings. The standard InChI is InChI=1S/C12H14Cl2N2O4S/c1-15-12(17)8-6-11(10(14)7-9(8)13)21(18,19)16-2-4-20-5-3-16/h6-7H,2-5H2,1H3,(H,15,17). The number of hydrogen-bond donors (Lipinski definition) is 1.